The van der Waals surface area contributed by atoms with Crippen LogP contribution in [0.25, 0.3) is 0 Å². The molecule has 24 heavy (non-hydrogen) atoms. The van der Waals surface area contributed by atoms with Crippen LogP contribution in [0.5, 0.6) is 5.75 Å². The highest BCUT2D eigenvalue weighted by atomic mass is 19.1. The lowest BCUT2D eigenvalue weighted by Gasteiger charge is -2.47. The number of aliphatic hydroxyl groups excluding tert-OH is 1. The molecule has 1 N–H and O–H groups in total. The van der Waals surface area contributed by atoms with E-state index in [0.717, 1.165) is 12.8 Å². The van der Waals surface area contributed by atoms with Crippen LogP contribution >= 0.6 is 0 Å². The van der Waals surface area contributed by atoms with Crippen LogP contribution < -0.4 is 4.74 Å². The smallest absolute Gasteiger partial charge is 0.223 e. The molecule has 0 saturated carbocycles. The SMILES string of the molecule is N#Cc1ccc2c(c1)C(N1CCCCC1=O)C(O)C(CF)(CF)O2. The normalized spacial score (nSPS) is 25.6. The van der Waals surface area contributed by atoms with Crippen LogP contribution in [0.15, 0.2) is 18.2 Å². The van der Waals surface area contributed by atoms with E-state index in [1.54, 1.807) is 0 Å². The molecule has 5 nitrogen and oxygen atoms in total. The first-order valence-electron chi connectivity index (χ1n) is 7.89. The van der Waals surface area contributed by atoms with E-state index in [1.807, 2.05) is 6.07 Å². The van der Waals surface area contributed by atoms with Gasteiger partial charge in [0.15, 0.2) is 5.60 Å². The Morgan fingerprint density at radius 3 is 2.75 bits per heavy atom. The highest BCUT2D eigenvalue weighted by Crippen LogP contribution is 2.44. The van der Waals surface area contributed by atoms with Crippen molar-refractivity contribution in [3.63, 3.8) is 0 Å². The van der Waals surface area contributed by atoms with E-state index >= 15 is 0 Å². The zero-order valence-electron chi connectivity index (χ0n) is 13.0. The Bertz CT molecular complexity index is 685. The third-order valence-electron chi connectivity index (χ3n) is 4.76. The molecule has 2 aliphatic rings. The fraction of sp³-hybridized carbons (Fsp3) is 0.529. The zero-order valence-corrected chi connectivity index (χ0v) is 13.0. The third kappa shape index (κ3) is 2.51. The van der Waals surface area contributed by atoms with Gasteiger partial charge in [-0.05, 0) is 31.0 Å². The largest absolute Gasteiger partial charge is 0.479 e. The molecule has 7 heteroatoms. The number of fused-ring (bicyclic) bond motifs is 1. The summed E-state index contributed by atoms with van der Waals surface area (Å²) in [4.78, 5) is 13.8. The highest BCUT2D eigenvalue weighted by molar-refractivity contribution is 5.77. The molecule has 1 aromatic rings. The number of hydrogen-bond acceptors (Lipinski definition) is 4. The second-order valence-corrected chi connectivity index (χ2v) is 6.23. The van der Waals surface area contributed by atoms with E-state index in [2.05, 4.69) is 0 Å². The number of alkyl halides is 2. The summed E-state index contributed by atoms with van der Waals surface area (Å²) in [6.07, 6.45) is 0.268. The maximum atomic E-state index is 13.6. The van der Waals surface area contributed by atoms with Crippen LogP contribution in [0.1, 0.15) is 36.4 Å². The molecule has 1 aromatic carbocycles. The van der Waals surface area contributed by atoms with Crippen molar-refractivity contribution in [2.45, 2.75) is 37.0 Å². The molecule has 0 aliphatic carbocycles. The summed E-state index contributed by atoms with van der Waals surface area (Å²) in [7, 11) is 0. The molecule has 0 spiro atoms. The summed E-state index contributed by atoms with van der Waals surface area (Å²) < 4.78 is 32.6. The number of benzene rings is 1. The number of nitriles is 1. The van der Waals surface area contributed by atoms with Crippen LogP contribution in [-0.4, -0.2) is 47.5 Å². The number of nitrogens with zero attached hydrogens (tertiary/aromatic N) is 2. The van der Waals surface area contributed by atoms with Gasteiger partial charge in [-0.25, -0.2) is 8.78 Å². The van der Waals surface area contributed by atoms with Crippen LogP contribution in [0.3, 0.4) is 0 Å². The molecule has 128 valence electrons. The summed E-state index contributed by atoms with van der Waals surface area (Å²) in [5.74, 6) is 0.0186. The maximum Gasteiger partial charge on any atom is 0.223 e. The standard InChI is InChI=1S/C17H18F2N2O3/c18-9-17(10-19)16(23)15(21-6-2-1-3-14(21)22)12-7-11(8-20)4-5-13(12)24-17/h4-5,7,15-16,23H,1-3,6,9-10H2. The Balaban J connectivity index is 2.13. The number of aliphatic hydroxyl groups is 1. The minimum Gasteiger partial charge on any atom is -0.479 e. The minimum atomic E-state index is -2.04. The molecule has 3 rings (SSSR count). The van der Waals surface area contributed by atoms with E-state index in [0.29, 0.717) is 24.1 Å². The Kier molecular flexibility index (Phi) is 4.41. The van der Waals surface area contributed by atoms with E-state index in [4.69, 9.17) is 10.00 Å². The van der Waals surface area contributed by atoms with Crippen molar-refractivity contribution < 1.29 is 23.4 Å². The Hall–Kier alpha value is -2.20. The molecule has 1 fully saturated rings. The lowest BCUT2D eigenvalue weighted by Crippen LogP contribution is -2.61. The van der Waals surface area contributed by atoms with Gasteiger partial charge in [0.25, 0.3) is 0 Å². The molecule has 2 unspecified atom stereocenters. The van der Waals surface area contributed by atoms with E-state index in [-0.39, 0.29) is 11.7 Å². The lowest BCUT2D eigenvalue weighted by atomic mass is 9.83. The number of likely N-dealkylation sites (tertiary alicyclic amines) is 1. The van der Waals surface area contributed by atoms with Crippen molar-refractivity contribution in [3.05, 3.63) is 29.3 Å². The van der Waals surface area contributed by atoms with Crippen molar-refractivity contribution in [2.75, 3.05) is 19.9 Å². The number of piperidine rings is 1. The van der Waals surface area contributed by atoms with Gasteiger partial charge in [-0.15, -0.1) is 0 Å². The summed E-state index contributed by atoms with van der Waals surface area (Å²) >= 11 is 0. The van der Waals surface area contributed by atoms with Crippen molar-refractivity contribution in [1.29, 1.82) is 5.26 Å². The molecule has 2 aliphatic heterocycles. The number of hydrogen-bond donors (Lipinski definition) is 1. The zero-order chi connectivity index (χ0) is 17.3. The monoisotopic (exact) mass is 336 g/mol. The van der Waals surface area contributed by atoms with Crippen LogP contribution in [0.4, 0.5) is 8.78 Å². The first kappa shape index (κ1) is 16.7. The van der Waals surface area contributed by atoms with E-state index in [1.165, 1.54) is 23.1 Å². The molecule has 1 saturated heterocycles. The molecule has 2 heterocycles. The number of halogens is 2. The van der Waals surface area contributed by atoms with Gasteiger partial charge in [-0.1, -0.05) is 0 Å². The first-order valence-corrected chi connectivity index (χ1v) is 7.89. The minimum absolute atomic E-state index is 0.174. The second-order valence-electron chi connectivity index (χ2n) is 6.23. The fourth-order valence-corrected chi connectivity index (χ4v) is 3.39. The molecule has 0 radical (unpaired) electrons. The first-order chi connectivity index (χ1) is 11.6. The third-order valence-corrected chi connectivity index (χ3v) is 4.76. The van der Waals surface area contributed by atoms with E-state index < -0.39 is 31.1 Å². The number of carbonyl (C=O) groups is 1. The van der Waals surface area contributed by atoms with Crippen LogP contribution in [0, 0.1) is 11.3 Å². The van der Waals surface area contributed by atoms with Crippen molar-refractivity contribution in [3.8, 4) is 11.8 Å². The van der Waals surface area contributed by atoms with Crippen molar-refractivity contribution >= 4 is 5.91 Å². The number of amides is 1. The Morgan fingerprint density at radius 2 is 2.12 bits per heavy atom. The highest BCUT2D eigenvalue weighted by Gasteiger charge is 2.53. The van der Waals surface area contributed by atoms with Crippen molar-refractivity contribution in [1.82, 2.24) is 4.90 Å². The molecule has 1 amide bonds. The average Bonchev–Trinajstić information content (AvgIpc) is 2.62. The number of carbonyl (C=O) groups excluding carboxylic acids is 1. The molecular weight excluding hydrogens is 318 g/mol. The average molecular weight is 336 g/mol. The predicted octanol–water partition coefficient (Wildman–Crippen LogP) is 2.04. The van der Waals surface area contributed by atoms with Gasteiger partial charge in [0.05, 0.1) is 17.7 Å². The van der Waals surface area contributed by atoms with Crippen molar-refractivity contribution in [2.24, 2.45) is 0 Å². The maximum absolute atomic E-state index is 13.6. The summed E-state index contributed by atoms with van der Waals surface area (Å²) in [6.45, 7) is -2.04. The number of ether oxygens (including phenoxy) is 1. The number of rotatable bonds is 3. The predicted molar refractivity (Wildman–Crippen MR) is 80.8 cm³/mol. The molecule has 0 bridgehead atoms. The Morgan fingerprint density at radius 1 is 1.38 bits per heavy atom. The molecule has 0 aromatic heterocycles. The van der Waals surface area contributed by atoms with Gasteiger partial charge < -0.3 is 14.7 Å². The summed E-state index contributed by atoms with van der Waals surface area (Å²) in [5, 5.41) is 19.8. The second kappa shape index (κ2) is 6.36. The lowest BCUT2D eigenvalue weighted by molar-refractivity contribution is -0.156. The summed E-state index contributed by atoms with van der Waals surface area (Å²) in [6, 6.07) is 5.50. The Labute approximate surface area is 138 Å². The van der Waals surface area contributed by atoms with Gasteiger partial charge >= 0.3 is 0 Å². The quantitative estimate of drug-likeness (QED) is 0.917. The van der Waals surface area contributed by atoms with Crippen LogP contribution in [-0.2, 0) is 4.79 Å². The fourth-order valence-electron chi connectivity index (χ4n) is 3.39. The van der Waals surface area contributed by atoms with Gasteiger partial charge in [0.1, 0.15) is 25.2 Å². The van der Waals surface area contributed by atoms with Gasteiger partial charge in [0, 0.05) is 18.5 Å². The van der Waals surface area contributed by atoms with E-state index in [9.17, 15) is 18.7 Å². The molecule has 2 atom stereocenters. The van der Waals surface area contributed by atoms with Crippen LogP contribution in [0.2, 0.25) is 0 Å². The van der Waals surface area contributed by atoms with Gasteiger partial charge in [-0.3, -0.25) is 4.79 Å². The van der Waals surface area contributed by atoms with Gasteiger partial charge in [0.2, 0.25) is 5.91 Å². The summed E-state index contributed by atoms with van der Waals surface area (Å²) in [5.41, 5.74) is -1.30. The topological polar surface area (TPSA) is 73.6 Å². The molecular formula is C17H18F2N2O3. The van der Waals surface area contributed by atoms with Gasteiger partial charge in [-0.2, -0.15) is 5.26 Å².